The number of hydrogen-bond donors (Lipinski definition) is 0. The highest BCUT2D eigenvalue weighted by Gasteiger charge is 2.33. The Morgan fingerprint density at radius 2 is 2.19 bits per heavy atom. The normalized spacial score (nSPS) is 17.0. The third kappa shape index (κ3) is 3.35. The third-order valence-corrected chi connectivity index (χ3v) is 5.50. The van der Waals surface area contributed by atoms with Gasteiger partial charge in [0.2, 0.25) is 5.91 Å². The van der Waals surface area contributed by atoms with Crippen LogP contribution >= 0.6 is 11.3 Å². The summed E-state index contributed by atoms with van der Waals surface area (Å²) >= 11 is 1.72. The number of hydrogen-bond acceptors (Lipinski definition) is 6. The first kappa shape index (κ1) is 16.8. The van der Waals surface area contributed by atoms with Crippen LogP contribution in [0.1, 0.15) is 23.0 Å². The van der Waals surface area contributed by atoms with Crippen LogP contribution in [0.2, 0.25) is 0 Å². The number of benzene rings is 1. The molecule has 1 aliphatic rings. The molecule has 3 heterocycles. The van der Waals surface area contributed by atoms with Crippen molar-refractivity contribution in [3.63, 3.8) is 0 Å². The minimum atomic E-state index is -0.0296. The molecular formula is C19H19N3O3S. The van der Waals surface area contributed by atoms with Gasteiger partial charge in [-0.3, -0.25) is 4.79 Å². The van der Waals surface area contributed by atoms with Gasteiger partial charge < -0.3 is 14.2 Å². The van der Waals surface area contributed by atoms with Crippen molar-refractivity contribution in [2.45, 2.75) is 18.8 Å². The van der Waals surface area contributed by atoms with Crippen molar-refractivity contribution in [3.05, 3.63) is 52.5 Å². The van der Waals surface area contributed by atoms with Crippen LogP contribution in [-0.4, -0.2) is 41.1 Å². The molecule has 0 saturated carbocycles. The monoisotopic (exact) mass is 369 g/mol. The number of likely N-dealkylation sites (tertiary alicyclic amines) is 1. The molecule has 0 bridgehead atoms. The number of thiophene rings is 1. The zero-order valence-corrected chi connectivity index (χ0v) is 15.2. The number of carbonyl (C=O) groups excluding carboxylic acids is 1. The van der Waals surface area contributed by atoms with Crippen molar-refractivity contribution in [2.24, 2.45) is 0 Å². The molecule has 1 aromatic carbocycles. The van der Waals surface area contributed by atoms with Crippen LogP contribution < -0.4 is 4.74 Å². The van der Waals surface area contributed by atoms with E-state index in [0.717, 1.165) is 18.5 Å². The minimum Gasteiger partial charge on any atom is -0.496 e. The van der Waals surface area contributed by atoms with Gasteiger partial charge in [0, 0.05) is 30.3 Å². The molecule has 0 radical (unpaired) electrons. The number of para-hydroxylation sites is 1. The van der Waals surface area contributed by atoms with E-state index in [-0.39, 0.29) is 11.8 Å². The maximum Gasteiger partial charge on any atom is 0.261 e. The van der Waals surface area contributed by atoms with Crippen molar-refractivity contribution >= 4 is 17.2 Å². The predicted octanol–water partition coefficient (Wildman–Crippen LogP) is 3.37. The molecule has 26 heavy (non-hydrogen) atoms. The Labute approximate surface area is 155 Å². The number of aromatic nitrogens is 2. The molecule has 2 aromatic heterocycles. The lowest BCUT2D eigenvalue weighted by atomic mass is 10.1. The maximum absolute atomic E-state index is 12.3. The first-order valence-electron chi connectivity index (χ1n) is 8.51. The molecule has 0 aliphatic carbocycles. The molecule has 134 valence electrons. The number of carbonyl (C=O) groups is 1. The Morgan fingerprint density at radius 1 is 1.31 bits per heavy atom. The van der Waals surface area contributed by atoms with Gasteiger partial charge in [-0.15, -0.1) is 11.3 Å². The van der Waals surface area contributed by atoms with E-state index >= 15 is 0 Å². The lowest BCUT2D eigenvalue weighted by molar-refractivity contribution is -0.127. The van der Waals surface area contributed by atoms with Gasteiger partial charge in [0.1, 0.15) is 5.75 Å². The maximum atomic E-state index is 12.3. The van der Waals surface area contributed by atoms with E-state index in [1.54, 1.807) is 18.4 Å². The number of methoxy groups -OCH3 is 1. The first-order chi connectivity index (χ1) is 12.7. The lowest BCUT2D eigenvalue weighted by Gasteiger charge is -2.15. The second-order valence-corrected chi connectivity index (χ2v) is 7.26. The summed E-state index contributed by atoms with van der Waals surface area (Å²) in [4.78, 5) is 20.0. The van der Waals surface area contributed by atoms with Crippen molar-refractivity contribution in [3.8, 4) is 17.2 Å². The molecule has 1 amide bonds. The number of amides is 1. The van der Waals surface area contributed by atoms with E-state index in [1.165, 1.54) is 4.88 Å². The molecule has 1 fully saturated rings. The third-order valence-electron chi connectivity index (χ3n) is 4.57. The van der Waals surface area contributed by atoms with Crippen LogP contribution in [0.25, 0.3) is 11.5 Å². The summed E-state index contributed by atoms with van der Waals surface area (Å²) in [6, 6.07) is 11.6. The predicted molar refractivity (Wildman–Crippen MR) is 98.2 cm³/mol. The Kier molecular flexibility index (Phi) is 4.71. The molecule has 1 saturated heterocycles. The van der Waals surface area contributed by atoms with E-state index in [2.05, 4.69) is 21.6 Å². The largest absolute Gasteiger partial charge is 0.496 e. The van der Waals surface area contributed by atoms with Crippen LogP contribution in [-0.2, 0) is 11.2 Å². The Hall–Kier alpha value is -2.67. The highest BCUT2D eigenvalue weighted by Crippen LogP contribution is 2.31. The van der Waals surface area contributed by atoms with E-state index < -0.39 is 0 Å². The van der Waals surface area contributed by atoms with Gasteiger partial charge in [-0.2, -0.15) is 4.98 Å². The summed E-state index contributed by atoms with van der Waals surface area (Å²) < 4.78 is 10.8. The van der Waals surface area contributed by atoms with Crippen molar-refractivity contribution in [1.29, 1.82) is 0 Å². The second kappa shape index (κ2) is 7.29. The van der Waals surface area contributed by atoms with Crippen LogP contribution in [0.5, 0.6) is 5.75 Å². The van der Waals surface area contributed by atoms with Crippen LogP contribution in [0.4, 0.5) is 0 Å². The van der Waals surface area contributed by atoms with Crippen molar-refractivity contribution < 1.29 is 14.1 Å². The summed E-state index contributed by atoms with van der Waals surface area (Å²) in [6.45, 7) is 1.36. The van der Waals surface area contributed by atoms with Gasteiger partial charge in [-0.25, -0.2) is 0 Å². The fraction of sp³-hybridized carbons (Fsp3) is 0.316. The van der Waals surface area contributed by atoms with Gasteiger partial charge in [0.05, 0.1) is 12.7 Å². The van der Waals surface area contributed by atoms with Gasteiger partial charge in [-0.1, -0.05) is 23.4 Å². The molecule has 1 atom stereocenters. The smallest absolute Gasteiger partial charge is 0.261 e. The fourth-order valence-corrected chi connectivity index (χ4v) is 3.89. The molecule has 0 N–H and O–H groups in total. The van der Waals surface area contributed by atoms with Gasteiger partial charge >= 0.3 is 0 Å². The van der Waals surface area contributed by atoms with Crippen LogP contribution in [0.15, 0.2) is 46.3 Å². The zero-order chi connectivity index (χ0) is 17.9. The molecule has 1 unspecified atom stereocenters. The summed E-state index contributed by atoms with van der Waals surface area (Å²) in [7, 11) is 1.61. The molecule has 6 nitrogen and oxygen atoms in total. The zero-order valence-electron chi connectivity index (χ0n) is 14.4. The molecular weight excluding hydrogens is 350 g/mol. The van der Waals surface area contributed by atoms with Crippen LogP contribution in [0, 0.1) is 0 Å². The second-order valence-electron chi connectivity index (χ2n) is 6.23. The summed E-state index contributed by atoms with van der Waals surface area (Å²) in [6.07, 6.45) is 1.31. The topological polar surface area (TPSA) is 68.5 Å². The van der Waals surface area contributed by atoms with Gasteiger partial charge in [0.25, 0.3) is 5.89 Å². The van der Waals surface area contributed by atoms with Crippen molar-refractivity contribution in [1.82, 2.24) is 15.0 Å². The summed E-state index contributed by atoms with van der Waals surface area (Å²) in [5, 5.41) is 6.17. The molecule has 0 spiro atoms. The summed E-state index contributed by atoms with van der Waals surface area (Å²) in [5.41, 5.74) is 0.757. The summed E-state index contributed by atoms with van der Waals surface area (Å²) in [5.74, 6) is 1.80. The standard InChI is InChI=1S/C19H19N3O3S/c1-24-16-7-3-2-6-15(16)19-20-18(21-25-19)13-11-17(23)22(12-13)9-8-14-5-4-10-26-14/h2-7,10,13H,8-9,11-12H2,1H3. The van der Waals surface area contributed by atoms with E-state index in [9.17, 15) is 4.79 Å². The minimum absolute atomic E-state index is 0.0296. The highest BCUT2D eigenvalue weighted by molar-refractivity contribution is 7.09. The SMILES string of the molecule is COc1ccccc1-c1nc(C2CC(=O)N(CCc3cccs3)C2)no1. The van der Waals surface area contributed by atoms with E-state index in [1.807, 2.05) is 35.2 Å². The van der Waals surface area contributed by atoms with Crippen LogP contribution in [0.3, 0.4) is 0 Å². The fourth-order valence-electron chi connectivity index (χ4n) is 3.19. The Balaban J connectivity index is 1.45. The van der Waals surface area contributed by atoms with Gasteiger partial charge in [-0.05, 0) is 30.0 Å². The van der Waals surface area contributed by atoms with Crippen molar-refractivity contribution in [2.75, 3.05) is 20.2 Å². The molecule has 3 aromatic rings. The van der Waals surface area contributed by atoms with E-state index in [0.29, 0.717) is 30.4 Å². The van der Waals surface area contributed by atoms with E-state index in [4.69, 9.17) is 9.26 Å². The molecule has 7 heteroatoms. The van der Waals surface area contributed by atoms with Gasteiger partial charge in [0.15, 0.2) is 5.82 Å². The molecule has 4 rings (SSSR count). The number of ether oxygens (including phenoxy) is 1. The lowest BCUT2D eigenvalue weighted by Crippen LogP contribution is -2.27. The Bertz CT molecular complexity index is 891. The number of rotatable bonds is 6. The number of nitrogens with zero attached hydrogens (tertiary/aromatic N) is 3. The quantitative estimate of drug-likeness (QED) is 0.666. The average molecular weight is 369 g/mol. The highest BCUT2D eigenvalue weighted by atomic mass is 32.1. The Morgan fingerprint density at radius 3 is 3.00 bits per heavy atom. The first-order valence-corrected chi connectivity index (χ1v) is 9.39. The molecule has 1 aliphatic heterocycles. The average Bonchev–Trinajstić information content (AvgIpc) is 3.41.